The summed E-state index contributed by atoms with van der Waals surface area (Å²) in [6.07, 6.45) is -4.79. The molecule has 0 aliphatic carbocycles. The molecule has 0 saturated carbocycles. The zero-order valence-electron chi connectivity index (χ0n) is 8.43. The molecule has 1 rings (SSSR count). The molecule has 0 radical (unpaired) electrons. The lowest BCUT2D eigenvalue weighted by molar-refractivity contribution is -0.274. The van der Waals surface area contributed by atoms with E-state index in [1.54, 1.807) is 0 Å². The maximum absolute atomic E-state index is 11.8. The summed E-state index contributed by atoms with van der Waals surface area (Å²) in [6, 6.07) is 4.50. The van der Waals surface area contributed by atoms with Crippen LogP contribution in [0.25, 0.3) is 0 Å². The lowest BCUT2D eigenvalue weighted by atomic mass is 10.2. The highest BCUT2D eigenvalue weighted by Gasteiger charge is 2.30. The fourth-order valence-corrected chi connectivity index (χ4v) is 0.783. The topological polar surface area (TPSA) is 35.2 Å². The second-order valence-corrected chi connectivity index (χ2v) is 2.22. The summed E-state index contributed by atoms with van der Waals surface area (Å²) >= 11 is 0. The molecule has 72 valence electrons. The van der Waals surface area contributed by atoms with Gasteiger partial charge in [0.25, 0.3) is 0 Å². The van der Waals surface area contributed by atoms with Crippen molar-refractivity contribution in [3.8, 4) is 5.75 Å². The highest BCUT2D eigenvalue weighted by molar-refractivity contribution is 5.28. The standard InChI is InChI=1S/C8H8F3NO/c9-8(10,11)13-7-3-1-2-6(4-7)5-12/h1-4H,5,12H2/i5D2. The van der Waals surface area contributed by atoms with Crippen molar-refractivity contribution in [1.82, 2.24) is 0 Å². The zero-order chi connectivity index (χ0) is 11.7. The predicted molar refractivity (Wildman–Crippen MR) is 41.0 cm³/mol. The van der Waals surface area contributed by atoms with Crippen LogP contribution in [0.4, 0.5) is 13.2 Å². The average Bonchev–Trinajstić information content (AvgIpc) is 1.99. The Labute approximate surface area is 75.9 Å². The van der Waals surface area contributed by atoms with Crippen LogP contribution in [0.3, 0.4) is 0 Å². The zero-order valence-corrected chi connectivity index (χ0v) is 6.43. The van der Waals surface area contributed by atoms with Crippen molar-refractivity contribution in [2.24, 2.45) is 5.73 Å². The molecule has 0 heterocycles. The summed E-state index contributed by atoms with van der Waals surface area (Å²) in [5.41, 5.74) is 5.01. The van der Waals surface area contributed by atoms with E-state index in [-0.39, 0.29) is 5.56 Å². The van der Waals surface area contributed by atoms with Crippen LogP contribution in [0.15, 0.2) is 24.3 Å². The molecule has 0 aliphatic heterocycles. The van der Waals surface area contributed by atoms with Gasteiger partial charge in [-0.3, -0.25) is 0 Å². The van der Waals surface area contributed by atoms with Gasteiger partial charge in [-0.1, -0.05) is 12.1 Å². The van der Waals surface area contributed by atoms with Gasteiger partial charge in [-0.05, 0) is 17.7 Å². The highest BCUT2D eigenvalue weighted by Crippen LogP contribution is 2.22. The Balaban J connectivity index is 2.94. The summed E-state index contributed by atoms with van der Waals surface area (Å²) in [5.74, 6) is -0.491. The Morgan fingerprint density at radius 2 is 2.15 bits per heavy atom. The van der Waals surface area contributed by atoms with E-state index < -0.39 is 18.6 Å². The molecule has 0 aromatic heterocycles. The maximum atomic E-state index is 11.8. The van der Waals surface area contributed by atoms with Crippen molar-refractivity contribution in [1.29, 1.82) is 0 Å². The lowest BCUT2D eigenvalue weighted by Gasteiger charge is -2.09. The minimum Gasteiger partial charge on any atom is -0.406 e. The first kappa shape index (κ1) is 7.20. The first-order valence-corrected chi connectivity index (χ1v) is 3.34. The molecule has 0 bridgehead atoms. The van der Waals surface area contributed by atoms with Crippen LogP contribution < -0.4 is 10.5 Å². The molecule has 0 atom stereocenters. The van der Waals surface area contributed by atoms with Gasteiger partial charge in [-0.2, -0.15) is 0 Å². The highest BCUT2D eigenvalue weighted by atomic mass is 19.4. The number of ether oxygens (including phenoxy) is 1. The van der Waals surface area contributed by atoms with E-state index in [4.69, 9.17) is 8.48 Å². The van der Waals surface area contributed by atoms with Crippen molar-refractivity contribution in [3.05, 3.63) is 29.8 Å². The summed E-state index contributed by atoms with van der Waals surface area (Å²) in [7, 11) is 0. The molecule has 5 heteroatoms. The Morgan fingerprint density at radius 1 is 1.46 bits per heavy atom. The van der Waals surface area contributed by atoms with Gasteiger partial charge in [-0.25, -0.2) is 0 Å². The molecule has 0 amide bonds. The van der Waals surface area contributed by atoms with Crippen LogP contribution in [0.2, 0.25) is 0 Å². The second-order valence-electron chi connectivity index (χ2n) is 2.22. The molecule has 0 aliphatic rings. The molecule has 0 saturated heterocycles. The molecule has 1 aromatic rings. The molecule has 2 N–H and O–H groups in total. The first-order valence-electron chi connectivity index (χ1n) is 4.34. The van der Waals surface area contributed by atoms with Crippen LogP contribution in [-0.4, -0.2) is 6.36 Å². The number of nitrogens with two attached hydrogens (primary N) is 1. The van der Waals surface area contributed by atoms with Gasteiger partial charge in [0.15, 0.2) is 0 Å². The molecule has 1 aromatic carbocycles. The Kier molecular flexibility index (Phi) is 2.02. The third-order valence-corrected chi connectivity index (χ3v) is 1.23. The minimum absolute atomic E-state index is 0.0794. The third-order valence-electron chi connectivity index (χ3n) is 1.23. The van der Waals surface area contributed by atoms with Crippen molar-refractivity contribution in [2.45, 2.75) is 12.9 Å². The van der Waals surface area contributed by atoms with Crippen LogP contribution in [0, 0.1) is 0 Å². The molecule has 0 spiro atoms. The summed E-state index contributed by atoms with van der Waals surface area (Å²) in [4.78, 5) is 0. The van der Waals surface area contributed by atoms with Gasteiger partial charge in [0.1, 0.15) is 5.75 Å². The van der Waals surface area contributed by atoms with Crippen LogP contribution in [0.1, 0.15) is 8.30 Å². The number of halogens is 3. The van der Waals surface area contributed by atoms with E-state index in [0.717, 1.165) is 12.1 Å². The van der Waals surface area contributed by atoms with Crippen LogP contribution in [0.5, 0.6) is 5.75 Å². The molecular weight excluding hydrogens is 183 g/mol. The normalized spacial score (nSPS) is 14.8. The van der Waals surface area contributed by atoms with E-state index in [1.165, 1.54) is 12.1 Å². The molecule has 2 nitrogen and oxygen atoms in total. The van der Waals surface area contributed by atoms with Crippen molar-refractivity contribution in [2.75, 3.05) is 0 Å². The van der Waals surface area contributed by atoms with E-state index >= 15 is 0 Å². The van der Waals surface area contributed by atoms with Gasteiger partial charge >= 0.3 is 6.36 Å². The molecule has 13 heavy (non-hydrogen) atoms. The SMILES string of the molecule is [2H]C([2H])(N)c1cccc(OC(F)(F)F)c1. The molecule has 0 fully saturated rings. The smallest absolute Gasteiger partial charge is 0.406 e. The quantitative estimate of drug-likeness (QED) is 0.780. The van der Waals surface area contributed by atoms with Crippen molar-refractivity contribution in [3.63, 3.8) is 0 Å². The molecular formula is C8H8F3NO. The average molecular weight is 193 g/mol. The summed E-state index contributed by atoms with van der Waals surface area (Å²) < 4.78 is 53.3. The van der Waals surface area contributed by atoms with Gasteiger partial charge in [-0.15, -0.1) is 13.2 Å². The Morgan fingerprint density at radius 3 is 2.69 bits per heavy atom. The van der Waals surface area contributed by atoms with Crippen LogP contribution in [-0.2, 0) is 6.50 Å². The summed E-state index contributed by atoms with van der Waals surface area (Å²) in [6.45, 7) is -2.19. The number of alkyl halides is 3. The van der Waals surface area contributed by atoms with E-state index in [9.17, 15) is 13.2 Å². The Hall–Kier alpha value is -1.23. The monoisotopic (exact) mass is 193 g/mol. The Bertz CT molecular complexity index is 348. The van der Waals surface area contributed by atoms with Gasteiger partial charge in [0, 0.05) is 9.24 Å². The van der Waals surface area contributed by atoms with E-state index in [2.05, 4.69) is 4.74 Å². The molecule has 0 unspecified atom stereocenters. The largest absolute Gasteiger partial charge is 0.573 e. The van der Waals surface area contributed by atoms with Gasteiger partial charge in [0.05, 0.1) is 0 Å². The predicted octanol–water partition coefficient (Wildman–Crippen LogP) is 2.04. The number of rotatable bonds is 2. The van der Waals surface area contributed by atoms with Crippen molar-refractivity contribution >= 4 is 0 Å². The van der Waals surface area contributed by atoms with Gasteiger partial charge < -0.3 is 10.5 Å². The fraction of sp³-hybridized carbons (Fsp3) is 0.250. The number of benzene rings is 1. The minimum atomic E-state index is -4.79. The number of hydrogen-bond acceptors (Lipinski definition) is 2. The van der Waals surface area contributed by atoms with Crippen molar-refractivity contribution < 1.29 is 20.6 Å². The van der Waals surface area contributed by atoms with Crippen LogP contribution >= 0.6 is 0 Å². The maximum Gasteiger partial charge on any atom is 0.573 e. The third kappa shape index (κ3) is 3.33. The fourth-order valence-electron chi connectivity index (χ4n) is 0.783. The lowest BCUT2D eigenvalue weighted by Crippen LogP contribution is -2.17. The van der Waals surface area contributed by atoms with E-state index in [1.807, 2.05) is 0 Å². The number of hydrogen-bond donors (Lipinski definition) is 1. The summed E-state index contributed by atoms with van der Waals surface area (Å²) in [5, 5.41) is 0. The second kappa shape index (κ2) is 3.66. The first-order chi connectivity index (χ1) is 6.68. The van der Waals surface area contributed by atoms with E-state index in [0.29, 0.717) is 0 Å². The van der Waals surface area contributed by atoms with Gasteiger partial charge in [0.2, 0.25) is 0 Å².